The number of carbonyl (C=O) groups excluding carboxylic acids is 1. The lowest BCUT2D eigenvalue weighted by Gasteiger charge is -2.08. The van der Waals surface area contributed by atoms with Gasteiger partial charge in [0.15, 0.2) is 5.65 Å². The van der Waals surface area contributed by atoms with Gasteiger partial charge in [0, 0.05) is 5.69 Å². The standard InChI is InChI=1S/C22H21N5O2/c1-2-6-16-9-11-17(12-10-16)25-20(28)14-26-15-23-21-19(22(26)29)13-24-27(21)18-7-4-3-5-8-18/h3-5,7-13,15H,2,6,14H2,1H3,(H,25,28). The fraction of sp³-hybridized carbons (Fsp3) is 0.182. The number of amides is 1. The van der Waals surface area contributed by atoms with Crippen LogP contribution in [-0.4, -0.2) is 25.2 Å². The number of benzene rings is 2. The summed E-state index contributed by atoms with van der Waals surface area (Å²) in [5, 5.41) is 7.47. The molecule has 0 bridgehead atoms. The molecule has 0 atom stereocenters. The Balaban J connectivity index is 1.53. The van der Waals surface area contributed by atoms with Gasteiger partial charge in [0.25, 0.3) is 5.56 Å². The molecule has 0 saturated carbocycles. The summed E-state index contributed by atoms with van der Waals surface area (Å²) in [5.41, 5.74) is 2.91. The van der Waals surface area contributed by atoms with Crippen molar-refractivity contribution < 1.29 is 4.79 Å². The fourth-order valence-electron chi connectivity index (χ4n) is 3.22. The van der Waals surface area contributed by atoms with E-state index in [9.17, 15) is 9.59 Å². The molecule has 146 valence electrons. The molecule has 0 spiro atoms. The van der Waals surface area contributed by atoms with Crippen LogP contribution in [0.4, 0.5) is 5.69 Å². The third kappa shape index (κ3) is 3.94. The fourth-order valence-corrected chi connectivity index (χ4v) is 3.22. The van der Waals surface area contributed by atoms with Crippen molar-refractivity contribution in [3.63, 3.8) is 0 Å². The molecule has 4 aromatic rings. The number of para-hydroxylation sites is 1. The van der Waals surface area contributed by atoms with Crippen molar-refractivity contribution in [2.75, 3.05) is 5.32 Å². The average Bonchev–Trinajstić information content (AvgIpc) is 3.17. The normalized spacial score (nSPS) is 10.9. The molecule has 0 radical (unpaired) electrons. The summed E-state index contributed by atoms with van der Waals surface area (Å²) in [4.78, 5) is 29.5. The maximum atomic E-state index is 12.8. The molecule has 2 aromatic heterocycles. The SMILES string of the molecule is CCCc1ccc(NC(=O)Cn2cnc3c(cnn3-c3ccccc3)c2=O)cc1. The zero-order chi connectivity index (χ0) is 20.2. The summed E-state index contributed by atoms with van der Waals surface area (Å²) in [6, 6.07) is 17.2. The van der Waals surface area contributed by atoms with E-state index in [2.05, 4.69) is 22.3 Å². The Morgan fingerprint density at radius 2 is 1.83 bits per heavy atom. The monoisotopic (exact) mass is 387 g/mol. The number of hydrogen-bond donors (Lipinski definition) is 1. The molecule has 4 rings (SSSR count). The van der Waals surface area contributed by atoms with Crippen LogP contribution < -0.4 is 10.9 Å². The minimum Gasteiger partial charge on any atom is -0.325 e. The number of aryl methyl sites for hydroxylation is 1. The van der Waals surface area contributed by atoms with Gasteiger partial charge in [-0.2, -0.15) is 5.10 Å². The Bertz CT molecular complexity index is 1190. The van der Waals surface area contributed by atoms with Crippen LogP contribution in [0.1, 0.15) is 18.9 Å². The predicted octanol–water partition coefficient (Wildman–Crippen LogP) is 3.17. The lowest BCUT2D eigenvalue weighted by Crippen LogP contribution is -2.27. The van der Waals surface area contributed by atoms with Crippen LogP contribution in [0.2, 0.25) is 0 Å². The Morgan fingerprint density at radius 3 is 2.55 bits per heavy atom. The maximum absolute atomic E-state index is 12.8. The number of fused-ring (bicyclic) bond motifs is 1. The first-order valence-electron chi connectivity index (χ1n) is 9.53. The molecule has 2 aromatic carbocycles. The molecule has 29 heavy (non-hydrogen) atoms. The molecule has 1 N–H and O–H groups in total. The Labute approximate surface area is 167 Å². The molecule has 0 aliphatic heterocycles. The summed E-state index contributed by atoms with van der Waals surface area (Å²) >= 11 is 0. The molecule has 1 amide bonds. The van der Waals surface area contributed by atoms with Gasteiger partial charge in [0.1, 0.15) is 18.3 Å². The van der Waals surface area contributed by atoms with Crippen molar-refractivity contribution in [2.45, 2.75) is 26.3 Å². The van der Waals surface area contributed by atoms with E-state index >= 15 is 0 Å². The summed E-state index contributed by atoms with van der Waals surface area (Å²) in [5.74, 6) is -0.285. The van der Waals surface area contributed by atoms with E-state index in [1.54, 1.807) is 4.68 Å². The van der Waals surface area contributed by atoms with Crippen molar-refractivity contribution in [3.8, 4) is 5.69 Å². The van der Waals surface area contributed by atoms with E-state index in [0.29, 0.717) is 16.7 Å². The van der Waals surface area contributed by atoms with Gasteiger partial charge < -0.3 is 5.32 Å². The quantitative estimate of drug-likeness (QED) is 0.551. The molecule has 0 fully saturated rings. The molecule has 0 unspecified atom stereocenters. The second kappa shape index (κ2) is 8.10. The van der Waals surface area contributed by atoms with Crippen LogP contribution in [0.25, 0.3) is 16.7 Å². The predicted molar refractivity (Wildman–Crippen MR) is 112 cm³/mol. The van der Waals surface area contributed by atoms with Gasteiger partial charge in [-0.3, -0.25) is 14.2 Å². The van der Waals surface area contributed by atoms with Gasteiger partial charge in [0.2, 0.25) is 5.91 Å². The minimum atomic E-state index is -0.300. The number of carbonyl (C=O) groups is 1. The number of nitrogens with one attached hydrogen (secondary N) is 1. The van der Waals surface area contributed by atoms with Crippen molar-refractivity contribution in [2.24, 2.45) is 0 Å². The van der Waals surface area contributed by atoms with E-state index in [0.717, 1.165) is 18.5 Å². The Kier molecular flexibility index (Phi) is 5.20. The molecule has 7 nitrogen and oxygen atoms in total. The first-order valence-corrected chi connectivity index (χ1v) is 9.53. The molecule has 0 saturated heterocycles. The zero-order valence-electron chi connectivity index (χ0n) is 16.1. The van der Waals surface area contributed by atoms with Crippen LogP contribution in [-0.2, 0) is 17.8 Å². The van der Waals surface area contributed by atoms with Gasteiger partial charge in [0.05, 0.1) is 11.9 Å². The molecule has 7 heteroatoms. The highest BCUT2D eigenvalue weighted by Gasteiger charge is 2.13. The van der Waals surface area contributed by atoms with E-state index in [-0.39, 0.29) is 18.0 Å². The highest BCUT2D eigenvalue weighted by atomic mass is 16.2. The third-order valence-electron chi connectivity index (χ3n) is 4.65. The first kappa shape index (κ1) is 18.6. The van der Waals surface area contributed by atoms with E-state index in [1.165, 1.54) is 22.7 Å². The Morgan fingerprint density at radius 1 is 1.07 bits per heavy atom. The summed E-state index contributed by atoms with van der Waals surface area (Å²) in [6.45, 7) is 2.01. The van der Waals surface area contributed by atoms with Crippen molar-refractivity contribution in [1.29, 1.82) is 0 Å². The summed E-state index contributed by atoms with van der Waals surface area (Å²) in [7, 11) is 0. The molecular weight excluding hydrogens is 366 g/mol. The Hall–Kier alpha value is -3.74. The highest BCUT2D eigenvalue weighted by Crippen LogP contribution is 2.13. The average molecular weight is 387 g/mol. The summed E-state index contributed by atoms with van der Waals surface area (Å²) < 4.78 is 2.90. The van der Waals surface area contributed by atoms with E-state index in [4.69, 9.17) is 0 Å². The van der Waals surface area contributed by atoms with Crippen LogP contribution in [0, 0.1) is 0 Å². The largest absolute Gasteiger partial charge is 0.325 e. The zero-order valence-corrected chi connectivity index (χ0v) is 16.1. The van der Waals surface area contributed by atoms with Gasteiger partial charge in [-0.15, -0.1) is 0 Å². The van der Waals surface area contributed by atoms with Gasteiger partial charge in [-0.25, -0.2) is 9.67 Å². The summed E-state index contributed by atoms with van der Waals surface area (Å²) in [6.07, 6.45) is 4.95. The minimum absolute atomic E-state index is 0.116. The number of anilines is 1. The van der Waals surface area contributed by atoms with Crippen molar-refractivity contribution >= 4 is 22.6 Å². The molecule has 2 heterocycles. The topological polar surface area (TPSA) is 81.8 Å². The number of rotatable bonds is 6. The number of hydrogen-bond acceptors (Lipinski definition) is 4. The van der Waals surface area contributed by atoms with E-state index < -0.39 is 0 Å². The third-order valence-corrected chi connectivity index (χ3v) is 4.65. The molecular formula is C22H21N5O2. The van der Waals surface area contributed by atoms with Crippen LogP contribution in [0.15, 0.2) is 71.9 Å². The van der Waals surface area contributed by atoms with Crippen LogP contribution >= 0.6 is 0 Å². The lowest BCUT2D eigenvalue weighted by molar-refractivity contribution is -0.116. The first-order chi connectivity index (χ1) is 14.2. The maximum Gasteiger partial charge on any atom is 0.264 e. The smallest absolute Gasteiger partial charge is 0.264 e. The van der Waals surface area contributed by atoms with Gasteiger partial charge in [-0.05, 0) is 36.2 Å². The highest BCUT2D eigenvalue weighted by molar-refractivity contribution is 5.90. The van der Waals surface area contributed by atoms with Crippen LogP contribution in [0.5, 0.6) is 0 Å². The number of aromatic nitrogens is 4. The van der Waals surface area contributed by atoms with Crippen LogP contribution in [0.3, 0.4) is 0 Å². The van der Waals surface area contributed by atoms with Crippen molar-refractivity contribution in [3.05, 3.63) is 83.0 Å². The van der Waals surface area contributed by atoms with E-state index in [1.807, 2.05) is 54.6 Å². The number of nitrogens with zero attached hydrogens (tertiary/aromatic N) is 4. The molecule has 0 aliphatic carbocycles. The van der Waals surface area contributed by atoms with Gasteiger partial charge in [-0.1, -0.05) is 43.7 Å². The molecule has 0 aliphatic rings. The van der Waals surface area contributed by atoms with Gasteiger partial charge >= 0.3 is 0 Å². The second-order valence-electron chi connectivity index (χ2n) is 6.80. The van der Waals surface area contributed by atoms with Crippen molar-refractivity contribution in [1.82, 2.24) is 19.3 Å². The second-order valence-corrected chi connectivity index (χ2v) is 6.80. The lowest BCUT2D eigenvalue weighted by atomic mass is 10.1.